The topological polar surface area (TPSA) is 51.1 Å². The predicted octanol–water partition coefficient (Wildman–Crippen LogP) is 2.14. The zero-order valence-corrected chi connectivity index (χ0v) is 10.4. The van der Waals surface area contributed by atoms with Crippen LogP contribution in [0.4, 0.5) is 4.79 Å². The quantitative estimate of drug-likeness (QED) is 0.688. The van der Waals surface area contributed by atoms with Crippen molar-refractivity contribution in [1.82, 2.24) is 4.90 Å². The van der Waals surface area contributed by atoms with Gasteiger partial charge in [0.2, 0.25) is 0 Å². The lowest BCUT2D eigenvalue weighted by Gasteiger charge is -2.24. The summed E-state index contributed by atoms with van der Waals surface area (Å²) < 4.78 is 10.3. The van der Waals surface area contributed by atoms with E-state index in [2.05, 4.69) is 4.99 Å². The molecule has 1 aliphatic rings. The van der Waals surface area contributed by atoms with Crippen LogP contribution in [-0.2, 0) is 9.47 Å². The van der Waals surface area contributed by atoms with Gasteiger partial charge >= 0.3 is 6.09 Å². The van der Waals surface area contributed by atoms with Gasteiger partial charge in [0.1, 0.15) is 17.2 Å². The van der Waals surface area contributed by atoms with Crippen LogP contribution in [0, 0.1) is 0 Å². The van der Waals surface area contributed by atoms with Crippen molar-refractivity contribution in [1.29, 1.82) is 0 Å². The molecule has 5 nitrogen and oxygen atoms in total. The SMILES string of the molecule is COC1=CN=C(N(C)C(=O)OC(C)(C)C)C1. The largest absolute Gasteiger partial charge is 0.499 e. The second-order valence-electron chi connectivity index (χ2n) is 4.56. The zero-order valence-electron chi connectivity index (χ0n) is 10.4. The van der Waals surface area contributed by atoms with Gasteiger partial charge in [0.15, 0.2) is 0 Å². The molecule has 0 N–H and O–H groups in total. The molecule has 0 spiro atoms. The van der Waals surface area contributed by atoms with E-state index in [1.807, 2.05) is 20.8 Å². The van der Waals surface area contributed by atoms with E-state index in [-0.39, 0.29) is 0 Å². The normalized spacial score (nSPS) is 15.3. The fourth-order valence-corrected chi connectivity index (χ4v) is 1.16. The fraction of sp³-hybridized carbons (Fsp3) is 0.636. The first-order valence-corrected chi connectivity index (χ1v) is 5.10. The van der Waals surface area contributed by atoms with Crippen molar-refractivity contribution >= 4 is 11.9 Å². The molecule has 1 rings (SSSR count). The van der Waals surface area contributed by atoms with Crippen molar-refractivity contribution in [3.8, 4) is 0 Å². The van der Waals surface area contributed by atoms with Gasteiger partial charge in [0.05, 0.1) is 19.7 Å². The Morgan fingerprint density at radius 3 is 2.56 bits per heavy atom. The number of ether oxygens (including phenoxy) is 2. The monoisotopic (exact) mass is 226 g/mol. The highest BCUT2D eigenvalue weighted by Gasteiger charge is 2.24. The summed E-state index contributed by atoms with van der Waals surface area (Å²) in [5.74, 6) is 1.37. The summed E-state index contributed by atoms with van der Waals surface area (Å²) in [7, 11) is 3.22. The third kappa shape index (κ3) is 3.25. The van der Waals surface area contributed by atoms with Gasteiger partial charge in [-0.25, -0.2) is 9.79 Å². The van der Waals surface area contributed by atoms with Gasteiger partial charge < -0.3 is 9.47 Å². The minimum atomic E-state index is -0.498. The number of amidine groups is 1. The first-order valence-electron chi connectivity index (χ1n) is 5.10. The molecule has 0 bridgehead atoms. The summed E-state index contributed by atoms with van der Waals surface area (Å²) >= 11 is 0. The van der Waals surface area contributed by atoms with E-state index in [4.69, 9.17) is 9.47 Å². The molecule has 0 radical (unpaired) electrons. The maximum atomic E-state index is 11.7. The lowest BCUT2D eigenvalue weighted by atomic mass is 10.2. The number of carbonyl (C=O) groups excluding carboxylic acids is 1. The van der Waals surface area contributed by atoms with Gasteiger partial charge in [-0.3, -0.25) is 4.90 Å². The molecular formula is C11H18N2O3. The summed E-state index contributed by atoms with van der Waals surface area (Å²) in [6.45, 7) is 5.48. The lowest BCUT2D eigenvalue weighted by molar-refractivity contribution is 0.0400. The van der Waals surface area contributed by atoms with Gasteiger partial charge in [-0.2, -0.15) is 0 Å². The van der Waals surface area contributed by atoms with Crippen LogP contribution in [0.15, 0.2) is 17.0 Å². The van der Waals surface area contributed by atoms with E-state index < -0.39 is 11.7 Å². The molecule has 0 aliphatic carbocycles. The van der Waals surface area contributed by atoms with Gasteiger partial charge in [-0.05, 0) is 20.8 Å². The number of nitrogens with zero attached hydrogens (tertiary/aromatic N) is 2. The van der Waals surface area contributed by atoms with Crippen molar-refractivity contribution in [3.05, 3.63) is 12.0 Å². The highest BCUT2D eigenvalue weighted by atomic mass is 16.6. The van der Waals surface area contributed by atoms with E-state index in [0.717, 1.165) is 5.76 Å². The fourth-order valence-electron chi connectivity index (χ4n) is 1.16. The lowest BCUT2D eigenvalue weighted by Crippen LogP contribution is -2.37. The van der Waals surface area contributed by atoms with E-state index >= 15 is 0 Å². The molecule has 1 amide bonds. The Kier molecular flexibility index (Phi) is 3.57. The Balaban J connectivity index is 2.54. The molecule has 1 heterocycles. The summed E-state index contributed by atoms with van der Waals surface area (Å²) in [6.07, 6.45) is 1.72. The van der Waals surface area contributed by atoms with Crippen LogP contribution < -0.4 is 0 Å². The number of carbonyl (C=O) groups is 1. The molecule has 1 aliphatic heterocycles. The molecule has 90 valence electrons. The van der Waals surface area contributed by atoms with Crippen LogP contribution in [0.3, 0.4) is 0 Å². The van der Waals surface area contributed by atoms with E-state index in [0.29, 0.717) is 12.3 Å². The second-order valence-corrected chi connectivity index (χ2v) is 4.56. The van der Waals surface area contributed by atoms with E-state index in [1.54, 1.807) is 20.4 Å². The van der Waals surface area contributed by atoms with Crippen LogP contribution in [0.5, 0.6) is 0 Å². The van der Waals surface area contributed by atoms with Crippen LogP contribution in [0.2, 0.25) is 0 Å². The van der Waals surface area contributed by atoms with Crippen molar-refractivity contribution in [2.24, 2.45) is 4.99 Å². The minimum absolute atomic E-state index is 0.406. The maximum absolute atomic E-state index is 11.7. The Bertz CT molecular complexity index is 340. The highest BCUT2D eigenvalue weighted by Crippen LogP contribution is 2.16. The molecule has 0 aromatic carbocycles. The Morgan fingerprint density at radius 2 is 2.12 bits per heavy atom. The molecule has 0 saturated heterocycles. The number of rotatable bonds is 1. The molecular weight excluding hydrogens is 208 g/mol. The highest BCUT2D eigenvalue weighted by molar-refractivity contribution is 5.97. The predicted molar refractivity (Wildman–Crippen MR) is 61.1 cm³/mol. The van der Waals surface area contributed by atoms with Crippen molar-refractivity contribution in [2.45, 2.75) is 32.8 Å². The van der Waals surface area contributed by atoms with Gasteiger partial charge in [0, 0.05) is 7.05 Å². The number of hydrogen-bond donors (Lipinski definition) is 0. The average molecular weight is 226 g/mol. The number of methoxy groups -OCH3 is 1. The Hall–Kier alpha value is -1.52. The minimum Gasteiger partial charge on any atom is -0.499 e. The van der Waals surface area contributed by atoms with Crippen molar-refractivity contribution in [3.63, 3.8) is 0 Å². The standard InChI is InChI=1S/C11H18N2O3/c1-11(2,3)16-10(14)13(4)9-6-8(15-5)7-12-9/h7H,6H2,1-5H3. The zero-order chi connectivity index (χ0) is 12.3. The third-order valence-corrected chi connectivity index (χ3v) is 2.01. The molecule has 0 saturated carbocycles. The van der Waals surface area contributed by atoms with Crippen molar-refractivity contribution < 1.29 is 14.3 Å². The smallest absolute Gasteiger partial charge is 0.415 e. The third-order valence-electron chi connectivity index (χ3n) is 2.01. The van der Waals surface area contributed by atoms with Crippen LogP contribution in [0.1, 0.15) is 27.2 Å². The maximum Gasteiger partial charge on any atom is 0.415 e. The number of hydrogen-bond acceptors (Lipinski definition) is 4. The van der Waals surface area contributed by atoms with E-state index in [9.17, 15) is 4.79 Å². The van der Waals surface area contributed by atoms with Gasteiger partial charge in [-0.15, -0.1) is 0 Å². The molecule has 0 aromatic heterocycles. The number of amides is 1. The van der Waals surface area contributed by atoms with Crippen LogP contribution >= 0.6 is 0 Å². The molecule has 5 heteroatoms. The molecule has 0 fully saturated rings. The Labute approximate surface area is 95.7 Å². The van der Waals surface area contributed by atoms with Crippen molar-refractivity contribution in [2.75, 3.05) is 14.2 Å². The van der Waals surface area contributed by atoms with Gasteiger partial charge in [0.25, 0.3) is 0 Å². The number of aliphatic imine (C=N–C) groups is 1. The Morgan fingerprint density at radius 1 is 1.50 bits per heavy atom. The van der Waals surface area contributed by atoms with Crippen LogP contribution in [0.25, 0.3) is 0 Å². The summed E-state index contributed by atoms with van der Waals surface area (Å²) in [5.41, 5.74) is -0.498. The average Bonchev–Trinajstić information content (AvgIpc) is 2.61. The van der Waals surface area contributed by atoms with E-state index in [1.165, 1.54) is 4.90 Å². The molecule has 0 atom stereocenters. The first kappa shape index (κ1) is 12.5. The summed E-state index contributed by atoms with van der Waals surface area (Å²) in [4.78, 5) is 17.2. The molecule has 16 heavy (non-hydrogen) atoms. The molecule has 0 unspecified atom stereocenters. The molecule has 0 aromatic rings. The summed E-state index contributed by atoms with van der Waals surface area (Å²) in [6, 6.07) is 0. The summed E-state index contributed by atoms with van der Waals surface area (Å²) in [5, 5.41) is 0. The van der Waals surface area contributed by atoms with Crippen LogP contribution in [-0.4, -0.2) is 36.6 Å². The second kappa shape index (κ2) is 4.55. The first-order chi connectivity index (χ1) is 7.33. The van der Waals surface area contributed by atoms with Gasteiger partial charge in [-0.1, -0.05) is 0 Å².